The van der Waals surface area contributed by atoms with Crippen LogP contribution in [-0.2, 0) is 36.8 Å². The standard InChI is InChI=1S/C18H18F3N3O2/c19-18(20,21)14-5-1-3-12(9-14)10-16(25)22-7-8-24-17(26)11-13-4-2-6-15(13)23-24/h1,3,5,9,11H,2,4,6-8,10H2,(H,22,25). The molecule has 1 amide bonds. The third kappa shape index (κ3) is 4.30. The summed E-state index contributed by atoms with van der Waals surface area (Å²) in [5.41, 5.74) is 1.19. The zero-order valence-electron chi connectivity index (χ0n) is 14.0. The molecule has 0 radical (unpaired) electrons. The topological polar surface area (TPSA) is 64.0 Å². The van der Waals surface area contributed by atoms with Crippen LogP contribution < -0.4 is 10.9 Å². The summed E-state index contributed by atoms with van der Waals surface area (Å²) in [7, 11) is 0. The summed E-state index contributed by atoms with van der Waals surface area (Å²) in [4.78, 5) is 23.9. The molecule has 0 atom stereocenters. The van der Waals surface area contributed by atoms with Crippen LogP contribution in [0.2, 0.25) is 0 Å². The van der Waals surface area contributed by atoms with Gasteiger partial charge in [-0.3, -0.25) is 9.59 Å². The Morgan fingerprint density at radius 1 is 1.23 bits per heavy atom. The van der Waals surface area contributed by atoms with Crippen LogP contribution in [0.25, 0.3) is 0 Å². The molecule has 0 unspecified atom stereocenters. The summed E-state index contributed by atoms with van der Waals surface area (Å²) in [5, 5.41) is 6.91. The van der Waals surface area contributed by atoms with Gasteiger partial charge in [-0.25, -0.2) is 4.68 Å². The SMILES string of the molecule is O=C(Cc1cccc(C(F)(F)F)c1)NCCn1nc2c(cc1=O)CCC2. The number of nitrogens with zero attached hydrogens (tertiary/aromatic N) is 2. The van der Waals surface area contributed by atoms with E-state index >= 15 is 0 Å². The van der Waals surface area contributed by atoms with E-state index in [1.54, 1.807) is 6.07 Å². The number of fused-ring (bicyclic) bond motifs is 1. The second-order valence-electron chi connectivity index (χ2n) is 6.26. The highest BCUT2D eigenvalue weighted by Crippen LogP contribution is 2.29. The van der Waals surface area contributed by atoms with Crippen LogP contribution in [0.3, 0.4) is 0 Å². The molecule has 0 spiro atoms. The number of aryl methyl sites for hydroxylation is 2. The van der Waals surface area contributed by atoms with Crippen molar-refractivity contribution in [3.05, 3.63) is 63.1 Å². The zero-order chi connectivity index (χ0) is 18.7. The van der Waals surface area contributed by atoms with Gasteiger partial charge in [-0.05, 0) is 36.5 Å². The molecule has 1 aliphatic rings. The van der Waals surface area contributed by atoms with E-state index < -0.39 is 17.6 Å². The normalized spacial score (nSPS) is 13.5. The molecule has 3 rings (SSSR count). The second kappa shape index (κ2) is 7.31. The van der Waals surface area contributed by atoms with E-state index in [-0.39, 0.29) is 30.6 Å². The Balaban J connectivity index is 1.55. The Labute approximate surface area is 147 Å². The predicted molar refractivity (Wildman–Crippen MR) is 88.7 cm³/mol. The van der Waals surface area contributed by atoms with Gasteiger partial charge < -0.3 is 5.32 Å². The van der Waals surface area contributed by atoms with Crippen molar-refractivity contribution in [2.24, 2.45) is 0 Å². The number of hydrogen-bond acceptors (Lipinski definition) is 3. The third-order valence-electron chi connectivity index (χ3n) is 4.29. The molecular weight excluding hydrogens is 347 g/mol. The average Bonchev–Trinajstić information content (AvgIpc) is 3.01. The minimum Gasteiger partial charge on any atom is -0.354 e. The van der Waals surface area contributed by atoms with Crippen LogP contribution in [0.1, 0.15) is 28.8 Å². The molecule has 8 heteroatoms. The van der Waals surface area contributed by atoms with E-state index in [1.165, 1.54) is 16.8 Å². The molecule has 0 fully saturated rings. The zero-order valence-corrected chi connectivity index (χ0v) is 14.0. The summed E-state index contributed by atoms with van der Waals surface area (Å²) in [5.74, 6) is -0.404. The lowest BCUT2D eigenvalue weighted by Crippen LogP contribution is -2.33. The Morgan fingerprint density at radius 3 is 2.81 bits per heavy atom. The lowest BCUT2D eigenvalue weighted by atomic mass is 10.1. The smallest absolute Gasteiger partial charge is 0.354 e. The monoisotopic (exact) mass is 365 g/mol. The molecule has 26 heavy (non-hydrogen) atoms. The van der Waals surface area contributed by atoms with E-state index in [9.17, 15) is 22.8 Å². The number of rotatable bonds is 5. The molecule has 1 aromatic carbocycles. The summed E-state index contributed by atoms with van der Waals surface area (Å²) < 4.78 is 39.4. The minimum atomic E-state index is -4.44. The number of hydrogen-bond donors (Lipinski definition) is 1. The molecule has 0 saturated carbocycles. The number of benzene rings is 1. The number of nitrogens with one attached hydrogen (secondary N) is 1. The van der Waals surface area contributed by atoms with Gasteiger partial charge in [0.15, 0.2) is 0 Å². The van der Waals surface area contributed by atoms with Crippen LogP contribution in [0.15, 0.2) is 35.1 Å². The summed E-state index contributed by atoms with van der Waals surface area (Å²) in [6.45, 7) is 0.407. The van der Waals surface area contributed by atoms with Crippen molar-refractivity contribution in [3.8, 4) is 0 Å². The van der Waals surface area contributed by atoms with Crippen LogP contribution in [0.4, 0.5) is 13.2 Å². The van der Waals surface area contributed by atoms with Gasteiger partial charge in [0.1, 0.15) is 0 Å². The van der Waals surface area contributed by atoms with E-state index in [0.29, 0.717) is 0 Å². The maximum Gasteiger partial charge on any atom is 0.416 e. The van der Waals surface area contributed by atoms with E-state index in [2.05, 4.69) is 10.4 Å². The maximum atomic E-state index is 12.7. The van der Waals surface area contributed by atoms with Crippen LogP contribution >= 0.6 is 0 Å². The lowest BCUT2D eigenvalue weighted by molar-refractivity contribution is -0.137. The fourth-order valence-corrected chi connectivity index (χ4v) is 3.01. The molecular formula is C18H18F3N3O2. The summed E-state index contributed by atoms with van der Waals surface area (Å²) in [6.07, 6.45) is -1.90. The van der Waals surface area contributed by atoms with Crippen molar-refractivity contribution in [1.29, 1.82) is 0 Å². The van der Waals surface area contributed by atoms with Crippen molar-refractivity contribution in [2.45, 2.75) is 38.4 Å². The summed E-state index contributed by atoms with van der Waals surface area (Å²) in [6, 6.07) is 6.26. The Kier molecular flexibility index (Phi) is 5.11. The first-order valence-corrected chi connectivity index (χ1v) is 8.36. The number of aromatic nitrogens is 2. The summed E-state index contributed by atoms with van der Waals surface area (Å²) >= 11 is 0. The lowest BCUT2D eigenvalue weighted by Gasteiger charge is -2.10. The molecule has 1 heterocycles. The van der Waals surface area contributed by atoms with Crippen LogP contribution in [0, 0.1) is 0 Å². The van der Waals surface area contributed by atoms with Gasteiger partial charge in [-0.2, -0.15) is 18.3 Å². The van der Waals surface area contributed by atoms with Gasteiger partial charge in [-0.15, -0.1) is 0 Å². The fourth-order valence-electron chi connectivity index (χ4n) is 3.01. The van der Waals surface area contributed by atoms with Crippen molar-refractivity contribution in [1.82, 2.24) is 15.1 Å². The second-order valence-corrected chi connectivity index (χ2v) is 6.26. The van der Waals surface area contributed by atoms with Crippen molar-refractivity contribution < 1.29 is 18.0 Å². The van der Waals surface area contributed by atoms with Gasteiger partial charge in [0.25, 0.3) is 5.56 Å². The molecule has 0 aliphatic heterocycles. The van der Waals surface area contributed by atoms with Crippen molar-refractivity contribution in [3.63, 3.8) is 0 Å². The van der Waals surface area contributed by atoms with Gasteiger partial charge in [0, 0.05) is 12.6 Å². The highest BCUT2D eigenvalue weighted by Gasteiger charge is 2.30. The first-order valence-electron chi connectivity index (χ1n) is 8.36. The first-order chi connectivity index (χ1) is 12.3. The van der Waals surface area contributed by atoms with Gasteiger partial charge >= 0.3 is 6.18 Å². The minimum absolute atomic E-state index is 0.156. The predicted octanol–water partition coefficient (Wildman–Crippen LogP) is 2.11. The van der Waals surface area contributed by atoms with E-state index in [0.717, 1.165) is 42.7 Å². The molecule has 1 N–H and O–H groups in total. The molecule has 1 aliphatic carbocycles. The van der Waals surface area contributed by atoms with Crippen molar-refractivity contribution >= 4 is 5.91 Å². The number of alkyl halides is 3. The molecule has 138 valence electrons. The van der Waals surface area contributed by atoms with E-state index in [1.807, 2.05) is 0 Å². The highest BCUT2D eigenvalue weighted by atomic mass is 19.4. The number of carbonyl (C=O) groups excluding carboxylic acids is 1. The third-order valence-corrected chi connectivity index (χ3v) is 4.29. The van der Waals surface area contributed by atoms with E-state index in [4.69, 9.17) is 0 Å². The van der Waals surface area contributed by atoms with Crippen LogP contribution in [0.5, 0.6) is 0 Å². The molecule has 0 saturated heterocycles. The first kappa shape index (κ1) is 18.2. The fraction of sp³-hybridized carbons (Fsp3) is 0.389. The Morgan fingerprint density at radius 2 is 2.04 bits per heavy atom. The maximum absolute atomic E-state index is 12.7. The number of amides is 1. The molecule has 1 aromatic heterocycles. The quantitative estimate of drug-likeness (QED) is 0.883. The number of halogens is 3. The average molecular weight is 365 g/mol. The van der Waals surface area contributed by atoms with Crippen LogP contribution in [-0.4, -0.2) is 22.2 Å². The number of carbonyl (C=O) groups is 1. The largest absolute Gasteiger partial charge is 0.416 e. The molecule has 0 bridgehead atoms. The van der Waals surface area contributed by atoms with Gasteiger partial charge in [-0.1, -0.05) is 18.2 Å². The molecule has 5 nitrogen and oxygen atoms in total. The van der Waals surface area contributed by atoms with Gasteiger partial charge in [0.05, 0.1) is 24.2 Å². The Bertz CT molecular complexity index is 875. The highest BCUT2D eigenvalue weighted by molar-refractivity contribution is 5.78. The Hall–Kier alpha value is -2.64. The molecule has 2 aromatic rings. The van der Waals surface area contributed by atoms with Gasteiger partial charge in [0.2, 0.25) is 5.91 Å². The van der Waals surface area contributed by atoms with Crippen molar-refractivity contribution in [2.75, 3.05) is 6.54 Å².